The van der Waals surface area contributed by atoms with Crippen molar-refractivity contribution in [1.82, 2.24) is 15.1 Å². The molecule has 2 aliphatic rings. The monoisotopic (exact) mass is 298 g/mol. The van der Waals surface area contributed by atoms with Gasteiger partial charge >= 0.3 is 0 Å². The molecule has 2 aromatic rings. The summed E-state index contributed by atoms with van der Waals surface area (Å²) in [5.74, 6) is 2.75. The van der Waals surface area contributed by atoms with Crippen LogP contribution in [0.5, 0.6) is 5.75 Å². The highest BCUT2D eigenvalue weighted by atomic mass is 16.5. The van der Waals surface area contributed by atoms with Crippen LogP contribution in [-0.4, -0.2) is 35.5 Å². The Morgan fingerprint density at radius 2 is 2.27 bits per heavy atom. The van der Waals surface area contributed by atoms with E-state index in [-0.39, 0.29) is 6.10 Å². The lowest BCUT2D eigenvalue weighted by Gasteiger charge is -2.25. The van der Waals surface area contributed by atoms with Crippen molar-refractivity contribution in [2.45, 2.75) is 26.0 Å². The Bertz CT molecular complexity index is 641. The molecule has 3 heterocycles. The van der Waals surface area contributed by atoms with Crippen LogP contribution in [-0.2, 0) is 13.0 Å². The number of hydrogen-bond acceptors (Lipinski definition) is 4. The zero-order valence-electron chi connectivity index (χ0n) is 12.9. The average molecular weight is 298 g/mol. The average Bonchev–Trinajstić information content (AvgIpc) is 3.08. The van der Waals surface area contributed by atoms with Crippen LogP contribution in [0.2, 0.25) is 0 Å². The lowest BCUT2D eigenvalue weighted by atomic mass is 10.1. The number of rotatable bonds is 4. The molecule has 22 heavy (non-hydrogen) atoms. The number of ether oxygens (including phenoxy) is 1. The Labute approximate surface area is 130 Å². The second-order valence-corrected chi connectivity index (χ2v) is 6.31. The van der Waals surface area contributed by atoms with E-state index in [4.69, 9.17) is 4.74 Å². The molecule has 5 heteroatoms. The minimum absolute atomic E-state index is 0.261. The van der Waals surface area contributed by atoms with Gasteiger partial charge in [0, 0.05) is 44.6 Å². The molecule has 1 aromatic carbocycles. The van der Waals surface area contributed by atoms with Gasteiger partial charge in [-0.15, -0.1) is 0 Å². The van der Waals surface area contributed by atoms with Crippen LogP contribution in [0.3, 0.4) is 0 Å². The van der Waals surface area contributed by atoms with E-state index < -0.39 is 0 Å². The summed E-state index contributed by atoms with van der Waals surface area (Å²) in [5, 5.41) is 11.5. The van der Waals surface area contributed by atoms with Gasteiger partial charge < -0.3 is 15.4 Å². The Kier molecular flexibility index (Phi) is 3.50. The van der Waals surface area contributed by atoms with Gasteiger partial charge in [0.05, 0.1) is 5.69 Å². The summed E-state index contributed by atoms with van der Waals surface area (Å²) < 4.78 is 8.04. The van der Waals surface area contributed by atoms with Gasteiger partial charge in [-0.1, -0.05) is 18.2 Å². The molecule has 0 bridgehead atoms. The molecule has 0 spiro atoms. The highest BCUT2D eigenvalue weighted by Gasteiger charge is 2.23. The van der Waals surface area contributed by atoms with Gasteiger partial charge in [-0.2, -0.15) is 5.10 Å². The molecule has 2 N–H and O–H groups in total. The second kappa shape index (κ2) is 5.65. The van der Waals surface area contributed by atoms with E-state index in [1.807, 2.05) is 13.0 Å². The minimum atomic E-state index is 0.261. The van der Waals surface area contributed by atoms with E-state index in [1.165, 1.54) is 5.56 Å². The number of aryl methyl sites for hydroxylation is 1. The molecule has 0 fully saturated rings. The summed E-state index contributed by atoms with van der Waals surface area (Å²) in [7, 11) is 0. The predicted molar refractivity (Wildman–Crippen MR) is 86.4 cm³/mol. The Balaban J connectivity index is 1.25. The molecule has 2 aliphatic heterocycles. The number of hydrogen-bond donors (Lipinski definition) is 2. The first-order valence-corrected chi connectivity index (χ1v) is 8.01. The molecule has 0 saturated heterocycles. The van der Waals surface area contributed by atoms with Crippen LogP contribution in [0.15, 0.2) is 30.3 Å². The zero-order valence-corrected chi connectivity index (χ0v) is 12.9. The Morgan fingerprint density at radius 3 is 3.18 bits per heavy atom. The van der Waals surface area contributed by atoms with Crippen molar-refractivity contribution >= 4 is 5.82 Å². The zero-order chi connectivity index (χ0) is 14.9. The Hall–Kier alpha value is -2.01. The maximum absolute atomic E-state index is 5.96. The van der Waals surface area contributed by atoms with E-state index in [9.17, 15) is 0 Å². The van der Waals surface area contributed by atoms with Gasteiger partial charge in [-0.3, -0.25) is 0 Å². The summed E-state index contributed by atoms with van der Waals surface area (Å²) in [4.78, 5) is 0. The molecule has 0 unspecified atom stereocenters. The third-order valence-electron chi connectivity index (χ3n) is 4.42. The van der Waals surface area contributed by atoms with E-state index in [1.54, 1.807) is 0 Å². The number of benzene rings is 1. The minimum Gasteiger partial charge on any atom is -0.488 e. The normalized spacial score (nSPS) is 22.6. The van der Waals surface area contributed by atoms with Crippen molar-refractivity contribution in [3.8, 4) is 5.75 Å². The van der Waals surface area contributed by atoms with Crippen LogP contribution in [0.25, 0.3) is 0 Å². The molecule has 0 saturated carbocycles. The summed E-state index contributed by atoms with van der Waals surface area (Å²) >= 11 is 0. The van der Waals surface area contributed by atoms with Gasteiger partial charge in [-0.05, 0) is 18.6 Å². The van der Waals surface area contributed by atoms with Crippen molar-refractivity contribution < 1.29 is 4.74 Å². The fraction of sp³-hybridized carbons (Fsp3) is 0.471. The summed E-state index contributed by atoms with van der Waals surface area (Å²) in [6, 6.07) is 10.4. The first kappa shape index (κ1) is 13.6. The molecule has 0 aliphatic carbocycles. The highest BCUT2D eigenvalue weighted by molar-refractivity contribution is 5.38. The van der Waals surface area contributed by atoms with Gasteiger partial charge in [0.2, 0.25) is 0 Å². The molecule has 2 atom stereocenters. The fourth-order valence-corrected chi connectivity index (χ4v) is 3.34. The second-order valence-electron chi connectivity index (χ2n) is 6.31. The molecule has 116 valence electrons. The maximum atomic E-state index is 5.96. The smallest absolute Gasteiger partial charge is 0.124 e. The fourth-order valence-electron chi connectivity index (χ4n) is 3.34. The standard InChI is InChI=1S/C17H22N4O/c1-12-6-17-19-9-13(11-21(17)20-12)8-18-10-15-7-14-4-2-3-5-16(14)22-15/h2-6,13,15,18-19H,7-11H2,1H3/t13-,15+/m1/s1. The number of para-hydroxylation sites is 1. The van der Waals surface area contributed by atoms with Crippen LogP contribution in [0.1, 0.15) is 11.3 Å². The molecule has 4 rings (SSSR count). The topological polar surface area (TPSA) is 51.1 Å². The largest absolute Gasteiger partial charge is 0.488 e. The highest BCUT2D eigenvalue weighted by Crippen LogP contribution is 2.27. The lowest BCUT2D eigenvalue weighted by molar-refractivity contribution is 0.223. The van der Waals surface area contributed by atoms with Crippen molar-refractivity contribution in [3.63, 3.8) is 0 Å². The van der Waals surface area contributed by atoms with Crippen molar-refractivity contribution in [2.75, 3.05) is 25.0 Å². The van der Waals surface area contributed by atoms with Crippen LogP contribution in [0, 0.1) is 12.8 Å². The van der Waals surface area contributed by atoms with Gasteiger partial charge in [0.1, 0.15) is 17.7 Å². The first-order valence-electron chi connectivity index (χ1n) is 8.01. The van der Waals surface area contributed by atoms with E-state index in [0.29, 0.717) is 5.92 Å². The third-order valence-corrected chi connectivity index (χ3v) is 4.42. The SMILES string of the molecule is Cc1cc2n(n1)C[C@H](CNC[C@@H]1Cc3ccccc3O1)CN2. The van der Waals surface area contributed by atoms with Crippen LogP contribution in [0.4, 0.5) is 5.82 Å². The van der Waals surface area contributed by atoms with Crippen LogP contribution < -0.4 is 15.4 Å². The Morgan fingerprint density at radius 1 is 1.36 bits per heavy atom. The number of anilines is 1. The summed E-state index contributed by atoms with van der Waals surface area (Å²) in [6.07, 6.45) is 1.27. The van der Waals surface area contributed by atoms with E-state index in [2.05, 4.69) is 44.7 Å². The number of fused-ring (bicyclic) bond motifs is 2. The number of nitrogens with one attached hydrogen (secondary N) is 2. The molecular weight excluding hydrogens is 276 g/mol. The van der Waals surface area contributed by atoms with E-state index >= 15 is 0 Å². The number of aromatic nitrogens is 2. The molecule has 1 aromatic heterocycles. The van der Waals surface area contributed by atoms with Crippen molar-refractivity contribution in [2.24, 2.45) is 5.92 Å². The van der Waals surface area contributed by atoms with Gasteiger partial charge in [0.25, 0.3) is 0 Å². The molecule has 0 radical (unpaired) electrons. The quantitative estimate of drug-likeness (QED) is 0.904. The summed E-state index contributed by atoms with van der Waals surface area (Å²) in [5.41, 5.74) is 2.40. The lowest BCUT2D eigenvalue weighted by Crippen LogP contribution is -2.39. The van der Waals surface area contributed by atoms with Crippen molar-refractivity contribution in [1.29, 1.82) is 0 Å². The van der Waals surface area contributed by atoms with Crippen molar-refractivity contribution in [3.05, 3.63) is 41.6 Å². The predicted octanol–water partition coefficient (Wildman–Crippen LogP) is 1.83. The first-order chi connectivity index (χ1) is 10.8. The van der Waals surface area contributed by atoms with E-state index in [0.717, 1.165) is 49.9 Å². The van der Waals surface area contributed by atoms with Gasteiger partial charge in [-0.25, -0.2) is 4.68 Å². The van der Waals surface area contributed by atoms with Gasteiger partial charge in [0.15, 0.2) is 0 Å². The third kappa shape index (κ3) is 2.68. The maximum Gasteiger partial charge on any atom is 0.124 e. The molecule has 5 nitrogen and oxygen atoms in total. The molecule has 0 amide bonds. The van der Waals surface area contributed by atoms with Crippen LogP contribution >= 0.6 is 0 Å². The molecular formula is C17H22N4O. The number of nitrogens with zero attached hydrogens (tertiary/aromatic N) is 2. The summed E-state index contributed by atoms with van der Waals surface area (Å²) in [6.45, 7) is 5.91.